The summed E-state index contributed by atoms with van der Waals surface area (Å²) < 4.78 is 5.17. The fraction of sp³-hybridized carbons (Fsp3) is 0.455. The van der Waals surface area contributed by atoms with Crippen molar-refractivity contribution < 1.29 is 9.53 Å². The van der Waals surface area contributed by atoms with Gasteiger partial charge in [-0.25, -0.2) is 4.98 Å². The topological polar surface area (TPSA) is 77.2 Å². The molecule has 1 atom stereocenters. The van der Waals surface area contributed by atoms with Gasteiger partial charge in [0.05, 0.1) is 7.11 Å². The van der Waals surface area contributed by atoms with Crippen LogP contribution in [0.4, 0.5) is 5.82 Å². The molecule has 1 heterocycles. The summed E-state index contributed by atoms with van der Waals surface area (Å²) in [5, 5.41) is 3.10. The van der Waals surface area contributed by atoms with Crippen LogP contribution in [-0.4, -0.2) is 24.0 Å². The molecule has 1 aromatic heterocycles. The molecule has 1 rings (SSSR count). The second-order valence-electron chi connectivity index (χ2n) is 3.72. The highest BCUT2D eigenvalue weighted by atomic mass is 16.5. The number of nitrogens with zero attached hydrogens (tertiary/aromatic N) is 1. The number of aryl methyl sites for hydroxylation is 1. The van der Waals surface area contributed by atoms with E-state index < -0.39 is 0 Å². The van der Waals surface area contributed by atoms with Crippen molar-refractivity contribution in [3.05, 3.63) is 17.8 Å². The predicted molar refractivity (Wildman–Crippen MR) is 62.4 cm³/mol. The lowest BCUT2D eigenvalue weighted by Crippen LogP contribution is -2.24. The lowest BCUT2D eigenvalue weighted by molar-refractivity contribution is -0.118. The van der Waals surface area contributed by atoms with Gasteiger partial charge in [0.15, 0.2) is 11.6 Å². The number of nitrogens with two attached hydrogens (primary N) is 1. The van der Waals surface area contributed by atoms with Gasteiger partial charge in [-0.15, -0.1) is 0 Å². The van der Waals surface area contributed by atoms with E-state index in [1.807, 2.05) is 26.0 Å². The van der Waals surface area contributed by atoms with Gasteiger partial charge in [0.1, 0.15) is 0 Å². The highest BCUT2D eigenvalue weighted by Crippen LogP contribution is 2.22. The fourth-order valence-corrected chi connectivity index (χ4v) is 1.40. The monoisotopic (exact) mass is 223 g/mol. The van der Waals surface area contributed by atoms with Gasteiger partial charge in [0.2, 0.25) is 5.91 Å². The molecule has 0 spiro atoms. The molecule has 0 aliphatic carbocycles. The molecule has 5 nitrogen and oxygen atoms in total. The highest BCUT2D eigenvalue weighted by molar-refractivity contribution is 5.75. The van der Waals surface area contributed by atoms with Gasteiger partial charge < -0.3 is 15.8 Å². The van der Waals surface area contributed by atoms with Gasteiger partial charge in [0.25, 0.3) is 0 Å². The van der Waals surface area contributed by atoms with Crippen molar-refractivity contribution in [2.75, 3.05) is 12.4 Å². The van der Waals surface area contributed by atoms with Crippen molar-refractivity contribution in [2.45, 2.75) is 26.3 Å². The first-order chi connectivity index (χ1) is 7.52. The Morgan fingerprint density at radius 1 is 1.62 bits per heavy atom. The summed E-state index contributed by atoms with van der Waals surface area (Å²) in [7, 11) is 1.58. The van der Waals surface area contributed by atoms with Crippen LogP contribution in [0.3, 0.4) is 0 Å². The van der Waals surface area contributed by atoms with E-state index in [4.69, 9.17) is 10.5 Å². The van der Waals surface area contributed by atoms with Gasteiger partial charge in [-0.1, -0.05) is 0 Å². The van der Waals surface area contributed by atoms with E-state index in [2.05, 4.69) is 10.3 Å². The first-order valence-electron chi connectivity index (χ1n) is 5.09. The first kappa shape index (κ1) is 12.3. The molecule has 1 aromatic rings. The van der Waals surface area contributed by atoms with E-state index in [-0.39, 0.29) is 18.4 Å². The summed E-state index contributed by atoms with van der Waals surface area (Å²) in [5.41, 5.74) is 6.00. The van der Waals surface area contributed by atoms with E-state index in [0.29, 0.717) is 11.6 Å². The molecule has 0 bridgehead atoms. The van der Waals surface area contributed by atoms with E-state index in [1.165, 1.54) is 0 Å². The number of methoxy groups -OCH3 is 1. The minimum Gasteiger partial charge on any atom is -0.493 e. The quantitative estimate of drug-likeness (QED) is 0.783. The summed E-state index contributed by atoms with van der Waals surface area (Å²) in [5.74, 6) is 0.949. The number of carbonyl (C=O) groups excluding carboxylic acids is 1. The van der Waals surface area contributed by atoms with Crippen LogP contribution in [0.1, 0.15) is 19.0 Å². The van der Waals surface area contributed by atoms with E-state index in [1.54, 1.807) is 7.11 Å². The first-order valence-corrected chi connectivity index (χ1v) is 5.09. The smallest absolute Gasteiger partial charge is 0.219 e. The molecule has 1 amide bonds. The number of anilines is 1. The highest BCUT2D eigenvalue weighted by Gasteiger charge is 2.10. The minimum atomic E-state index is -0.341. The Balaban J connectivity index is 2.78. The lowest BCUT2D eigenvalue weighted by Gasteiger charge is -2.15. The summed E-state index contributed by atoms with van der Waals surface area (Å²) in [6, 6.07) is 3.63. The molecule has 16 heavy (non-hydrogen) atoms. The maximum Gasteiger partial charge on any atom is 0.219 e. The Kier molecular flexibility index (Phi) is 4.10. The standard InChI is InChI=1S/C11H17N3O2/c1-7-4-5-9(16-3)11(13-7)14-8(2)6-10(12)15/h4-5,8H,6H2,1-3H3,(H2,12,15)(H,13,14). The number of hydrogen-bond acceptors (Lipinski definition) is 4. The number of primary amides is 1. The number of aromatic nitrogens is 1. The van der Waals surface area contributed by atoms with E-state index >= 15 is 0 Å². The largest absolute Gasteiger partial charge is 0.493 e. The van der Waals surface area contributed by atoms with Crippen molar-refractivity contribution in [3.8, 4) is 5.75 Å². The normalized spacial score (nSPS) is 11.9. The third kappa shape index (κ3) is 3.42. The molecule has 88 valence electrons. The molecule has 0 aliphatic heterocycles. The molecule has 0 fully saturated rings. The molecular weight excluding hydrogens is 206 g/mol. The molecule has 1 unspecified atom stereocenters. The van der Waals surface area contributed by atoms with Gasteiger partial charge >= 0.3 is 0 Å². The Bertz CT molecular complexity index is 379. The number of rotatable bonds is 5. The Morgan fingerprint density at radius 2 is 2.31 bits per heavy atom. The summed E-state index contributed by atoms with van der Waals surface area (Å²) in [6.07, 6.45) is 0.263. The van der Waals surface area contributed by atoms with E-state index in [9.17, 15) is 4.79 Å². The van der Waals surface area contributed by atoms with Crippen LogP contribution < -0.4 is 15.8 Å². The number of carbonyl (C=O) groups is 1. The maximum atomic E-state index is 10.8. The van der Waals surface area contributed by atoms with Crippen LogP contribution >= 0.6 is 0 Å². The number of ether oxygens (including phenoxy) is 1. The Morgan fingerprint density at radius 3 is 2.88 bits per heavy atom. The summed E-state index contributed by atoms with van der Waals surface area (Å²) >= 11 is 0. The van der Waals surface area contributed by atoms with Gasteiger partial charge in [-0.3, -0.25) is 4.79 Å². The average molecular weight is 223 g/mol. The molecule has 0 aliphatic rings. The number of hydrogen-bond donors (Lipinski definition) is 2. The van der Waals surface area contributed by atoms with Gasteiger partial charge in [-0.2, -0.15) is 0 Å². The third-order valence-corrected chi connectivity index (χ3v) is 2.11. The molecule has 0 radical (unpaired) electrons. The SMILES string of the molecule is COc1ccc(C)nc1NC(C)CC(N)=O. The summed E-state index contributed by atoms with van der Waals surface area (Å²) in [4.78, 5) is 15.1. The molecule has 3 N–H and O–H groups in total. The summed E-state index contributed by atoms with van der Waals surface area (Å²) in [6.45, 7) is 3.76. The predicted octanol–water partition coefficient (Wildman–Crippen LogP) is 1.07. The second-order valence-corrected chi connectivity index (χ2v) is 3.72. The average Bonchev–Trinajstić information content (AvgIpc) is 2.16. The van der Waals surface area contributed by atoms with E-state index in [0.717, 1.165) is 5.69 Å². The van der Waals surface area contributed by atoms with Crippen molar-refractivity contribution in [3.63, 3.8) is 0 Å². The lowest BCUT2D eigenvalue weighted by atomic mass is 10.2. The Hall–Kier alpha value is -1.78. The van der Waals surface area contributed by atoms with Gasteiger partial charge in [-0.05, 0) is 26.0 Å². The van der Waals surface area contributed by atoms with Crippen LogP contribution in [0.25, 0.3) is 0 Å². The maximum absolute atomic E-state index is 10.8. The molecule has 5 heteroatoms. The van der Waals surface area contributed by atoms with Crippen LogP contribution in [0.15, 0.2) is 12.1 Å². The van der Waals surface area contributed by atoms with Crippen LogP contribution in [-0.2, 0) is 4.79 Å². The molecule has 0 aromatic carbocycles. The zero-order valence-electron chi connectivity index (χ0n) is 9.78. The third-order valence-electron chi connectivity index (χ3n) is 2.11. The molecular formula is C11H17N3O2. The minimum absolute atomic E-state index is 0.0688. The number of pyridine rings is 1. The molecule has 0 saturated heterocycles. The van der Waals surface area contributed by atoms with Crippen LogP contribution in [0.5, 0.6) is 5.75 Å². The number of amides is 1. The van der Waals surface area contributed by atoms with Crippen molar-refractivity contribution >= 4 is 11.7 Å². The fourth-order valence-electron chi connectivity index (χ4n) is 1.40. The second kappa shape index (κ2) is 5.34. The zero-order valence-corrected chi connectivity index (χ0v) is 9.78. The van der Waals surface area contributed by atoms with Gasteiger partial charge in [0, 0.05) is 18.2 Å². The Labute approximate surface area is 95.0 Å². The molecule has 0 saturated carbocycles. The number of nitrogens with one attached hydrogen (secondary N) is 1. The van der Waals surface area contributed by atoms with Crippen molar-refractivity contribution in [1.29, 1.82) is 0 Å². The van der Waals surface area contributed by atoms with Crippen molar-refractivity contribution in [1.82, 2.24) is 4.98 Å². The zero-order chi connectivity index (χ0) is 12.1. The van der Waals surface area contributed by atoms with Crippen LogP contribution in [0, 0.1) is 6.92 Å². The van der Waals surface area contributed by atoms with Crippen LogP contribution in [0.2, 0.25) is 0 Å². The van der Waals surface area contributed by atoms with Crippen molar-refractivity contribution in [2.24, 2.45) is 5.73 Å².